The Morgan fingerprint density at radius 2 is 1.70 bits per heavy atom. The van der Waals surface area contributed by atoms with E-state index >= 15 is 0 Å². The second-order valence-electron chi connectivity index (χ2n) is 10.5. The van der Waals surface area contributed by atoms with Gasteiger partial charge in [0.05, 0.1) is 6.54 Å². The minimum Gasteiger partial charge on any atom is -0.443 e. The van der Waals surface area contributed by atoms with Gasteiger partial charge in [-0.25, -0.2) is 4.79 Å². The lowest BCUT2D eigenvalue weighted by molar-refractivity contribution is -0.131. The summed E-state index contributed by atoms with van der Waals surface area (Å²) in [4.78, 5) is 27.6. The number of nitrogens with zero attached hydrogens (tertiary/aromatic N) is 1. The van der Waals surface area contributed by atoms with Crippen LogP contribution >= 0.6 is 0 Å². The Labute approximate surface area is 194 Å². The zero-order valence-corrected chi connectivity index (χ0v) is 18.9. The van der Waals surface area contributed by atoms with E-state index in [1.54, 1.807) is 0 Å². The summed E-state index contributed by atoms with van der Waals surface area (Å²) in [6.45, 7) is 2.22. The highest BCUT2D eigenvalue weighted by atomic mass is 16.6. The number of alkyl carbamates (subject to hydrolysis) is 1. The maximum atomic E-state index is 13.0. The molecule has 2 amide bonds. The van der Waals surface area contributed by atoms with Gasteiger partial charge in [0.25, 0.3) is 0 Å². The van der Waals surface area contributed by atoms with Crippen LogP contribution in [0.2, 0.25) is 0 Å². The van der Waals surface area contributed by atoms with Crippen LogP contribution in [0.5, 0.6) is 0 Å². The van der Waals surface area contributed by atoms with E-state index in [4.69, 9.17) is 4.74 Å². The molecule has 0 spiro atoms. The minimum absolute atomic E-state index is 0.0895. The molecule has 2 aromatic carbocycles. The summed E-state index contributed by atoms with van der Waals surface area (Å²) in [5.74, 6) is 1.11. The molecule has 2 aromatic rings. The number of benzene rings is 2. The summed E-state index contributed by atoms with van der Waals surface area (Å²) in [7, 11) is 0. The molecule has 0 saturated heterocycles. The van der Waals surface area contributed by atoms with Crippen molar-refractivity contribution in [1.82, 2.24) is 15.5 Å². The van der Waals surface area contributed by atoms with Gasteiger partial charge in [-0.2, -0.15) is 0 Å². The number of nitrogens with one attached hydrogen (secondary N) is 2. The molecule has 4 aliphatic carbocycles. The van der Waals surface area contributed by atoms with E-state index in [0.717, 1.165) is 37.7 Å². The number of carbonyl (C=O) groups excluding carboxylic acids is 2. The second kappa shape index (κ2) is 7.87. The molecule has 6 nitrogen and oxygen atoms in total. The first-order chi connectivity index (χ1) is 16.0. The molecule has 172 valence electrons. The molecule has 4 atom stereocenters. The quantitative estimate of drug-likeness (QED) is 0.711. The third-order valence-electron chi connectivity index (χ3n) is 8.33. The van der Waals surface area contributed by atoms with Crippen LogP contribution in [0.1, 0.15) is 48.8 Å². The maximum Gasteiger partial charge on any atom is 0.407 e. The molecule has 7 rings (SSSR count). The molecule has 1 heterocycles. The summed E-state index contributed by atoms with van der Waals surface area (Å²) in [5.41, 5.74) is 3.08. The van der Waals surface area contributed by atoms with Crippen molar-refractivity contribution >= 4 is 12.0 Å². The number of ether oxygens (including phenoxy) is 1. The molecule has 0 radical (unpaired) electrons. The summed E-state index contributed by atoms with van der Waals surface area (Å²) in [5, 5.41) is 6.57. The number of rotatable bonds is 6. The van der Waals surface area contributed by atoms with Crippen LogP contribution in [-0.4, -0.2) is 34.6 Å². The average molecular weight is 446 g/mol. The van der Waals surface area contributed by atoms with Crippen molar-refractivity contribution in [3.8, 4) is 0 Å². The Hall–Kier alpha value is -2.86. The Bertz CT molecular complexity index is 1050. The first kappa shape index (κ1) is 20.7. The van der Waals surface area contributed by atoms with Crippen molar-refractivity contribution in [2.24, 2.45) is 11.8 Å². The number of hydrogen-bond donors (Lipinski definition) is 2. The predicted molar refractivity (Wildman–Crippen MR) is 124 cm³/mol. The van der Waals surface area contributed by atoms with Gasteiger partial charge >= 0.3 is 6.09 Å². The standard InChI is InChI=1S/C27H31N3O3/c31-24(30-16-21-8-4-5-9-22(21)17-30)15-29-26-11-20-10-23(13-26)27(12-20,18-26)33-25(32)28-14-19-6-2-1-3-7-19/h1-9,20,23,29H,10-18H2,(H,28,32). The monoisotopic (exact) mass is 445 g/mol. The molecule has 2 N–H and O–H groups in total. The van der Waals surface area contributed by atoms with Gasteiger partial charge in [-0.1, -0.05) is 54.6 Å². The zero-order valence-electron chi connectivity index (χ0n) is 18.9. The van der Waals surface area contributed by atoms with Crippen LogP contribution in [0.25, 0.3) is 0 Å². The second-order valence-corrected chi connectivity index (χ2v) is 10.5. The van der Waals surface area contributed by atoms with Gasteiger partial charge in [0.15, 0.2) is 0 Å². The molecule has 4 saturated carbocycles. The molecule has 33 heavy (non-hydrogen) atoms. The van der Waals surface area contributed by atoms with Crippen LogP contribution < -0.4 is 10.6 Å². The van der Waals surface area contributed by atoms with Crippen molar-refractivity contribution in [1.29, 1.82) is 0 Å². The molecule has 6 heteroatoms. The Balaban J connectivity index is 1.06. The van der Waals surface area contributed by atoms with E-state index < -0.39 is 0 Å². The van der Waals surface area contributed by atoms with Gasteiger partial charge in [0.2, 0.25) is 5.91 Å². The van der Waals surface area contributed by atoms with Crippen molar-refractivity contribution in [3.63, 3.8) is 0 Å². The molecule has 4 unspecified atom stereocenters. The van der Waals surface area contributed by atoms with Crippen molar-refractivity contribution in [2.75, 3.05) is 6.54 Å². The highest BCUT2D eigenvalue weighted by Crippen LogP contribution is 2.63. The normalized spacial score (nSPS) is 31.0. The van der Waals surface area contributed by atoms with Gasteiger partial charge in [-0.05, 0) is 48.3 Å². The van der Waals surface area contributed by atoms with E-state index in [1.165, 1.54) is 11.1 Å². The predicted octanol–water partition coefficient (Wildman–Crippen LogP) is 3.75. The lowest BCUT2D eigenvalue weighted by atomic mass is 9.75. The Kier molecular flexibility index (Phi) is 4.94. The van der Waals surface area contributed by atoms with Crippen molar-refractivity contribution in [3.05, 3.63) is 71.3 Å². The number of amides is 2. The summed E-state index contributed by atoms with van der Waals surface area (Å²) < 4.78 is 6.13. The van der Waals surface area contributed by atoms with Crippen LogP contribution in [0.15, 0.2) is 54.6 Å². The highest BCUT2D eigenvalue weighted by Gasteiger charge is 2.66. The number of fused-ring (bicyclic) bond motifs is 1. The largest absolute Gasteiger partial charge is 0.443 e. The van der Waals surface area contributed by atoms with E-state index in [0.29, 0.717) is 38.0 Å². The van der Waals surface area contributed by atoms with Gasteiger partial charge in [0, 0.05) is 37.5 Å². The zero-order chi connectivity index (χ0) is 22.5. The fourth-order valence-electron chi connectivity index (χ4n) is 7.06. The van der Waals surface area contributed by atoms with Gasteiger partial charge in [-0.15, -0.1) is 0 Å². The lowest BCUT2D eigenvalue weighted by Crippen LogP contribution is -2.53. The highest BCUT2D eigenvalue weighted by molar-refractivity contribution is 5.79. The molecule has 5 aliphatic rings. The van der Waals surface area contributed by atoms with Crippen LogP contribution in [0, 0.1) is 11.8 Å². The number of carbonyl (C=O) groups is 2. The average Bonchev–Trinajstić information content (AvgIpc) is 3.42. The molecule has 4 fully saturated rings. The van der Waals surface area contributed by atoms with Crippen molar-refractivity contribution < 1.29 is 14.3 Å². The molecular weight excluding hydrogens is 414 g/mol. The molecule has 0 aromatic heterocycles. The minimum atomic E-state index is -0.385. The van der Waals surface area contributed by atoms with E-state index in [9.17, 15) is 9.59 Å². The fraction of sp³-hybridized carbons (Fsp3) is 0.481. The third-order valence-corrected chi connectivity index (χ3v) is 8.33. The Morgan fingerprint density at radius 3 is 2.45 bits per heavy atom. The summed E-state index contributed by atoms with van der Waals surface area (Å²) >= 11 is 0. The molecule has 1 aliphatic heterocycles. The van der Waals surface area contributed by atoms with E-state index in [2.05, 4.69) is 22.8 Å². The summed E-state index contributed by atoms with van der Waals surface area (Å²) in [6, 6.07) is 18.2. The number of hydrogen-bond acceptors (Lipinski definition) is 4. The van der Waals surface area contributed by atoms with E-state index in [-0.39, 0.29) is 23.1 Å². The summed E-state index contributed by atoms with van der Waals surface area (Å²) in [6.07, 6.45) is 4.64. The first-order valence-corrected chi connectivity index (χ1v) is 12.1. The maximum absolute atomic E-state index is 13.0. The topological polar surface area (TPSA) is 70.7 Å². The van der Waals surface area contributed by atoms with E-state index in [1.807, 2.05) is 47.4 Å². The smallest absolute Gasteiger partial charge is 0.407 e. The third kappa shape index (κ3) is 3.80. The van der Waals surface area contributed by atoms with Gasteiger partial charge < -0.3 is 20.3 Å². The molecular formula is C27H31N3O3. The lowest BCUT2D eigenvalue weighted by Gasteiger charge is -2.41. The Morgan fingerprint density at radius 1 is 0.970 bits per heavy atom. The van der Waals surface area contributed by atoms with Crippen LogP contribution in [0.4, 0.5) is 4.79 Å². The van der Waals surface area contributed by atoms with Crippen LogP contribution in [-0.2, 0) is 29.2 Å². The SMILES string of the molecule is O=C(NCc1ccccc1)OC12CC3CC1CC(NCC(=O)N1Cc4ccccc4C1)(C3)C2. The first-order valence-electron chi connectivity index (χ1n) is 12.1. The van der Waals surface area contributed by atoms with Crippen molar-refractivity contribution in [2.45, 2.75) is 62.9 Å². The van der Waals surface area contributed by atoms with Crippen LogP contribution in [0.3, 0.4) is 0 Å². The molecule has 4 bridgehead atoms. The fourth-order valence-corrected chi connectivity index (χ4v) is 7.06. The van der Waals surface area contributed by atoms with Gasteiger partial charge in [-0.3, -0.25) is 4.79 Å². The van der Waals surface area contributed by atoms with Gasteiger partial charge in [0.1, 0.15) is 5.60 Å².